The van der Waals surface area contributed by atoms with Crippen LogP contribution >= 0.6 is 0 Å². The van der Waals surface area contributed by atoms with Crippen molar-refractivity contribution in [3.63, 3.8) is 0 Å². The third kappa shape index (κ3) is 6.46. The van der Waals surface area contributed by atoms with Gasteiger partial charge in [-0.2, -0.15) is 5.10 Å². The Labute approximate surface area is 168 Å². The molecule has 148 valence electrons. The summed E-state index contributed by atoms with van der Waals surface area (Å²) in [5.41, 5.74) is 4.14. The van der Waals surface area contributed by atoms with Crippen LogP contribution in [0.3, 0.4) is 0 Å². The van der Waals surface area contributed by atoms with Crippen LogP contribution in [0.2, 0.25) is 0 Å². The van der Waals surface area contributed by atoms with Crippen molar-refractivity contribution in [2.24, 2.45) is 5.10 Å². The van der Waals surface area contributed by atoms with E-state index in [1.807, 2.05) is 30.3 Å². The van der Waals surface area contributed by atoms with Crippen molar-refractivity contribution < 1.29 is 18.7 Å². The molecule has 3 aromatic rings. The zero-order valence-corrected chi connectivity index (χ0v) is 15.9. The molecule has 0 fully saturated rings. The van der Waals surface area contributed by atoms with Gasteiger partial charge >= 0.3 is 0 Å². The molecule has 0 spiro atoms. The van der Waals surface area contributed by atoms with Gasteiger partial charge in [0, 0.05) is 0 Å². The second-order valence-electron chi connectivity index (χ2n) is 6.29. The van der Waals surface area contributed by atoms with E-state index in [9.17, 15) is 9.18 Å². The number of hydrogen-bond donors (Lipinski definition) is 1. The molecule has 0 unspecified atom stereocenters. The molecule has 5 nitrogen and oxygen atoms in total. The normalized spacial score (nSPS) is 11.8. The van der Waals surface area contributed by atoms with Gasteiger partial charge in [0.1, 0.15) is 23.9 Å². The number of carbonyl (C=O) groups is 1. The van der Waals surface area contributed by atoms with Crippen molar-refractivity contribution in [2.45, 2.75) is 19.6 Å². The molecular weight excluding hydrogens is 371 g/mol. The fourth-order valence-corrected chi connectivity index (χ4v) is 2.42. The standard InChI is InChI=1S/C23H21FN2O3/c1-17(29-22-5-3-2-4-6-22)23(27)26-25-15-18-9-13-21(14-10-18)28-16-19-7-11-20(24)12-8-19/h2-15,17H,16H2,1H3,(H,26,27)/b25-15-/t17-/m1/s1. The van der Waals surface area contributed by atoms with Crippen molar-refractivity contribution >= 4 is 12.1 Å². The van der Waals surface area contributed by atoms with Gasteiger partial charge in [0.25, 0.3) is 5.91 Å². The number of para-hydroxylation sites is 1. The Hall–Kier alpha value is -3.67. The average Bonchev–Trinajstić information content (AvgIpc) is 2.75. The first-order chi connectivity index (χ1) is 14.1. The first-order valence-corrected chi connectivity index (χ1v) is 9.12. The molecule has 6 heteroatoms. The number of halogens is 1. The van der Waals surface area contributed by atoms with Crippen LogP contribution in [0.4, 0.5) is 4.39 Å². The number of carbonyl (C=O) groups excluding carboxylic acids is 1. The summed E-state index contributed by atoms with van der Waals surface area (Å²) >= 11 is 0. The van der Waals surface area contributed by atoms with Gasteiger partial charge in [-0.3, -0.25) is 4.79 Å². The smallest absolute Gasteiger partial charge is 0.280 e. The second-order valence-corrected chi connectivity index (χ2v) is 6.29. The van der Waals surface area contributed by atoms with E-state index in [4.69, 9.17) is 9.47 Å². The number of hydrazone groups is 1. The first kappa shape index (κ1) is 20.1. The van der Waals surface area contributed by atoms with Crippen LogP contribution in [0.25, 0.3) is 0 Å². The molecule has 1 amide bonds. The second kappa shape index (κ2) is 10.0. The quantitative estimate of drug-likeness (QED) is 0.459. The van der Waals surface area contributed by atoms with Crippen LogP contribution in [0.5, 0.6) is 11.5 Å². The number of hydrogen-bond acceptors (Lipinski definition) is 4. The summed E-state index contributed by atoms with van der Waals surface area (Å²) in [6.07, 6.45) is 0.869. The Balaban J connectivity index is 1.45. The third-order valence-electron chi connectivity index (χ3n) is 4.01. The van der Waals surface area contributed by atoms with E-state index in [0.29, 0.717) is 18.1 Å². The summed E-state index contributed by atoms with van der Waals surface area (Å²) in [5, 5.41) is 3.95. The summed E-state index contributed by atoms with van der Waals surface area (Å²) in [5.74, 6) is 0.686. The predicted octanol–water partition coefficient (Wildman–Crippen LogP) is 4.32. The maximum absolute atomic E-state index is 12.9. The Morgan fingerprint density at radius 3 is 2.38 bits per heavy atom. The van der Waals surface area contributed by atoms with Gasteiger partial charge in [0.05, 0.1) is 6.21 Å². The highest BCUT2D eigenvalue weighted by atomic mass is 19.1. The number of amides is 1. The van der Waals surface area contributed by atoms with Crippen molar-refractivity contribution in [1.82, 2.24) is 5.43 Å². The molecule has 0 aromatic heterocycles. The zero-order valence-electron chi connectivity index (χ0n) is 15.9. The SMILES string of the molecule is C[C@@H](Oc1ccccc1)C(=O)N/N=C\c1ccc(OCc2ccc(F)cc2)cc1. The molecule has 0 radical (unpaired) electrons. The molecule has 1 atom stereocenters. The molecule has 0 aliphatic rings. The van der Waals surface area contributed by atoms with Crippen LogP contribution in [0.15, 0.2) is 84.0 Å². The van der Waals surface area contributed by atoms with Crippen LogP contribution in [0.1, 0.15) is 18.1 Å². The largest absolute Gasteiger partial charge is 0.489 e. The van der Waals surface area contributed by atoms with Crippen LogP contribution in [-0.2, 0) is 11.4 Å². The Morgan fingerprint density at radius 1 is 1.00 bits per heavy atom. The average molecular weight is 392 g/mol. The predicted molar refractivity (Wildman–Crippen MR) is 109 cm³/mol. The summed E-state index contributed by atoms with van der Waals surface area (Å²) in [4.78, 5) is 12.0. The summed E-state index contributed by atoms with van der Waals surface area (Å²) in [6, 6.07) is 22.5. The lowest BCUT2D eigenvalue weighted by atomic mass is 10.2. The van der Waals surface area contributed by atoms with Gasteiger partial charge in [0.2, 0.25) is 0 Å². The molecule has 0 aliphatic carbocycles. The van der Waals surface area contributed by atoms with E-state index in [1.54, 1.807) is 43.3 Å². The summed E-state index contributed by atoms with van der Waals surface area (Å²) < 4.78 is 24.1. The van der Waals surface area contributed by atoms with E-state index in [-0.39, 0.29) is 11.7 Å². The topological polar surface area (TPSA) is 59.9 Å². The molecule has 1 N–H and O–H groups in total. The highest BCUT2D eigenvalue weighted by Gasteiger charge is 2.13. The van der Waals surface area contributed by atoms with Crippen molar-refractivity contribution in [3.05, 3.63) is 95.8 Å². The van der Waals surface area contributed by atoms with Gasteiger partial charge in [0.15, 0.2) is 6.10 Å². The summed E-state index contributed by atoms with van der Waals surface area (Å²) in [6.45, 7) is 2.01. The fraction of sp³-hybridized carbons (Fsp3) is 0.130. The fourth-order valence-electron chi connectivity index (χ4n) is 2.42. The first-order valence-electron chi connectivity index (χ1n) is 9.12. The van der Waals surface area contributed by atoms with Gasteiger partial charge < -0.3 is 9.47 Å². The Morgan fingerprint density at radius 2 is 1.69 bits per heavy atom. The minimum absolute atomic E-state index is 0.273. The molecule has 0 bridgehead atoms. The minimum Gasteiger partial charge on any atom is -0.489 e. The number of ether oxygens (including phenoxy) is 2. The lowest BCUT2D eigenvalue weighted by Crippen LogP contribution is -2.33. The van der Waals surface area contributed by atoms with Crippen molar-refractivity contribution in [1.29, 1.82) is 0 Å². The lowest BCUT2D eigenvalue weighted by Gasteiger charge is -2.12. The Kier molecular flexibility index (Phi) is 6.95. The molecule has 0 heterocycles. The molecule has 3 rings (SSSR count). The number of benzene rings is 3. The number of nitrogens with one attached hydrogen (secondary N) is 1. The highest BCUT2D eigenvalue weighted by molar-refractivity contribution is 5.84. The molecule has 0 saturated carbocycles. The number of nitrogens with zero attached hydrogens (tertiary/aromatic N) is 1. The third-order valence-corrected chi connectivity index (χ3v) is 4.01. The summed E-state index contributed by atoms with van der Waals surface area (Å²) in [7, 11) is 0. The van der Waals surface area contributed by atoms with Gasteiger partial charge in [-0.1, -0.05) is 30.3 Å². The maximum Gasteiger partial charge on any atom is 0.280 e. The van der Waals surface area contributed by atoms with Crippen LogP contribution in [-0.4, -0.2) is 18.2 Å². The molecular formula is C23H21FN2O3. The monoisotopic (exact) mass is 392 g/mol. The zero-order chi connectivity index (χ0) is 20.5. The van der Waals surface area contributed by atoms with Crippen LogP contribution < -0.4 is 14.9 Å². The van der Waals surface area contributed by atoms with Crippen molar-refractivity contribution in [2.75, 3.05) is 0 Å². The molecule has 0 aliphatic heterocycles. The van der Waals surface area contributed by atoms with Crippen LogP contribution in [0, 0.1) is 5.82 Å². The van der Waals surface area contributed by atoms with E-state index in [0.717, 1.165) is 11.1 Å². The van der Waals surface area contributed by atoms with E-state index < -0.39 is 6.10 Å². The molecule has 3 aromatic carbocycles. The van der Waals surface area contributed by atoms with E-state index in [2.05, 4.69) is 10.5 Å². The highest BCUT2D eigenvalue weighted by Crippen LogP contribution is 2.14. The molecule has 0 saturated heterocycles. The maximum atomic E-state index is 12.9. The number of rotatable bonds is 8. The lowest BCUT2D eigenvalue weighted by molar-refractivity contribution is -0.127. The van der Waals surface area contributed by atoms with Gasteiger partial charge in [-0.15, -0.1) is 0 Å². The Bertz CT molecular complexity index is 942. The van der Waals surface area contributed by atoms with E-state index in [1.165, 1.54) is 18.3 Å². The minimum atomic E-state index is -0.670. The van der Waals surface area contributed by atoms with Gasteiger partial charge in [-0.25, -0.2) is 9.82 Å². The molecule has 29 heavy (non-hydrogen) atoms. The van der Waals surface area contributed by atoms with Gasteiger partial charge in [-0.05, 0) is 66.6 Å². The van der Waals surface area contributed by atoms with Crippen molar-refractivity contribution in [3.8, 4) is 11.5 Å². The van der Waals surface area contributed by atoms with E-state index >= 15 is 0 Å².